The van der Waals surface area contributed by atoms with Crippen LogP contribution in [0.3, 0.4) is 0 Å². The lowest BCUT2D eigenvalue weighted by molar-refractivity contribution is -0.122. The highest BCUT2D eigenvalue weighted by atomic mass is 35.5. The van der Waals surface area contributed by atoms with Crippen molar-refractivity contribution >= 4 is 18.3 Å². The minimum Gasteiger partial charge on any atom is -0.350 e. The van der Waals surface area contributed by atoms with Gasteiger partial charge >= 0.3 is 0 Å². The molecule has 0 aliphatic heterocycles. The average molecular weight is 300 g/mol. The zero-order chi connectivity index (χ0) is 14.3. The molecule has 0 aromatic carbocycles. The number of aryl methyl sites for hydroxylation is 1. The Morgan fingerprint density at radius 3 is 2.65 bits per heavy atom. The van der Waals surface area contributed by atoms with Gasteiger partial charge in [0.05, 0.1) is 0 Å². The lowest BCUT2D eigenvalue weighted by Crippen LogP contribution is -2.52. The summed E-state index contributed by atoms with van der Waals surface area (Å²) in [5, 5.41) is 3.05. The minimum atomic E-state index is -0.310. The van der Waals surface area contributed by atoms with Crippen LogP contribution < -0.4 is 11.1 Å². The predicted octanol–water partition coefficient (Wildman–Crippen LogP) is 2.32. The van der Waals surface area contributed by atoms with Crippen molar-refractivity contribution in [3.63, 3.8) is 0 Å². The number of nitrogens with two attached hydrogens (primary N) is 1. The van der Waals surface area contributed by atoms with Gasteiger partial charge in [0.15, 0.2) is 0 Å². The molecule has 0 bridgehead atoms. The first kappa shape index (κ1) is 18.9. The van der Waals surface area contributed by atoms with Crippen molar-refractivity contribution in [2.45, 2.75) is 45.6 Å². The second-order valence-electron chi connectivity index (χ2n) is 5.73. The maximum absolute atomic E-state index is 12.0. The Hall–Kier alpha value is -1.13. The summed E-state index contributed by atoms with van der Waals surface area (Å²) in [5.41, 5.74) is 6.41. The number of hydrogen-bond donors (Lipinski definition) is 2. The van der Waals surface area contributed by atoms with E-state index in [1.807, 2.05) is 25.1 Å². The molecule has 0 aliphatic rings. The fraction of sp³-hybridized carbons (Fsp3) is 0.600. The van der Waals surface area contributed by atoms with Crippen molar-refractivity contribution in [2.24, 2.45) is 11.7 Å². The molecular formula is C15H26ClN3O. The Bertz CT molecular complexity index is 397. The fourth-order valence-electron chi connectivity index (χ4n) is 2.27. The minimum absolute atomic E-state index is 0. The Morgan fingerprint density at radius 1 is 1.45 bits per heavy atom. The zero-order valence-electron chi connectivity index (χ0n) is 12.6. The topological polar surface area (TPSA) is 68.0 Å². The lowest BCUT2D eigenvalue weighted by Gasteiger charge is -2.31. The van der Waals surface area contributed by atoms with Crippen molar-refractivity contribution in [3.8, 4) is 0 Å². The van der Waals surface area contributed by atoms with Gasteiger partial charge in [-0.3, -0.25) is 9.78 Å². The molecule has 1 atom stereocenters. The predicted molar refractivity (Wildman–Crippen MR) is 84.9 cm³/mol. The number of rotatable bonds is 7. The van der Waals surface area contributed by atoms with Crippen molar-refractivity contribution in [1.82, 2.24) is 10.3 Å². The van der Waals surface area contributed by atoms with E-state index in [1.54, 1.807) is 6.20 Å². The summed E-state index contributed by atoms with van der Waals surface area (Å²) in [7, 11) is 0. The van der Waals surface area contributed by atoms with E-state index < -0.39 is 0 Å². The van der Waals surface area contributed by atoms with Gasteiger partial charge in [-0.2, -0.15) is 0 Å². The lowest BCUT2D eigenvalue weighted by atomic mass is 9.90. The van der Waals surface area contributed by atoms with Crippen molar-refractivity contribution in [2.75, 3.05) is 6.54 Å². The molecule has 0 spiro atoms. The number of carbonyl (C=O) groups is 1. The van der Waals surface area contributed by atoms with E-state index >= 15 is 0 Å². The molecule has 0 radical (unpaired) electrons. The van der Waals surface area contributed by atoms with E-state index in [9.17, 15) is 4.79 Å². The van der Waals surface area contributed by atoms with Gasteiger partial charge in [-0.25, -0.2) is 0 Å². The van der Waals surface area contributed by atoms with E-state index in [0.717, 1.165) is 12.1 Å². The number of pyridine rings is 1. The summed E-state index contributed by atoms with van der Waals surface area (Å²) in [6, 6.07) is 5.74. The van der Waals surface area contributed by atoms with Crippen LogP contribution in [0.1, 0.15) is 39.3 Å². The number of aromatic nitrogens is 1. The molecule has 1 amide bonds. The van der Waals surface area contributed by atoms with E-state index in [-0.39, 0.29) is 23.9 Å². The van der Waals surface area contributed by atoms with Crippen LogP contribution >= 0.6 is 12.4 Å². The monoisotopic (exact) mass is 299 g/mol. The van der Waals surface area contributed by atoms with Crippen LogP contribution in [0.5, 0.6) is 0 Å². The van der Waals surface area contributed by atoms with E-state index in [1.165, 1.54) is 0 Å². The van der Waals surface area contributed by atoms with Gasteiger partial charge in [-0.1, -0.05) is 19.9 Å². The van der Waals surface area contributed by atoms with Crippen LogP contribution in [0.4, 0.5) is 0 Å². The highest BCUT2D eigenvalue weighted by molar-refractivity contribution is 5.85. The molecule has 0 fully saturated rings. The summed E-state index contributed by atoms with van der Waals surface area (Å²) in [4.78, 5) is 16.2. The molecule has 1 heterocycles. The summed E-state index contributed by atoms with van der Waals surface area (Å²) in [6.07, 6.45) is 3.74. The molecule has 3 N–H and O–H groups in total. The van der Waals surface area contributed by atoms with Crippen molar-refractivity contribution in [3.05, 3.63) is 30.1 Å². The first-order valence-electron chi connectivity index (χ1n) is 6.86. The van der Waals surface area contributed by atoms with Gasteiger partial charge in [0.2, 0.25) is 5.91 Å². The number of hydrogen-bond acceptors (Lipinski definition) is 3. The van der Waals surface area contributed by atoms with Crippen LogP contribution in [0.25, 0.3) is 0 Å². The molecule has 20 heavy (non-hydrogen) atoms. The normalized spacial score (nSPS) is 13.4. The molecule has 1 aromatic heterocycles. The molecule has 1 rings (SSSR count). The third kappa shape index (κ3) is 6.87. The molecular weight excluding hydrogens is 274 g/mol. The fourth-order valence-corrected chi connectivity index (χ4v) is 2.27. The van der Waals surface area contributed by atoms with Crippen LogP contribution in [0, 0.1) is 5.92 Å². The van der Waals surface area contributed by atoms with Crippen molar-refractivity contribution in [1.29, 1.82) is 0 Å². The summed E-state index contributed by atoms with van der Waals surface area (Å²) >= 11 is 0. The van der Waals surface area contributed by atoms with E-state index in [4.69, 9.17) is 5.73 Å². The van der Waals surface area contributed by atoms with Crippen LogP contribution in [-0.2, 0) is 11.2 Å². The maximum atomic E-state index is 12.0. The van der Waals surface area contributed by atoms with Gasteiger partial charge in [0.25, 0.3) is 0 Å². The highest BCUT2D eigenvalue weighted by Crippen LogP contribution is 2.15. The Morgan fingerprint density at radius 2 is 2.15 bits per heavy atom. The van der Waals surface area contributed by atoms with Crippen LogP contribution in [0.15, 0.2) is 24.4 Å². The first-order valence-corrected chi connectivity index (χ1v) is 6.86. The molecule has 5 heteroatoms. The second-order valence-corrected chi connectivity index (χ2v) is 5.73. The largest absolute Gasteiger partial charge is 0.350 e. The average Bonchev–Trinajstić information content (AvgIpc) is 2.36. The number of amides is 1. The van der Waals surface area contributed by atoms with Gasteiger partial charge in [0.1, 0.15) is 0 Å². The maximum Gasteiger partial charge on any atom is 0.220 e. The molecule has 0 saturated carbocycles. The molecule has 1 unspecified atom stereocenters. The number of halogens is 1. The number of nitrogens with zero attached hydrogens (tertiary/aromatic N) is 1. The number of nitrogens with one attached hydrogen (secondary N) is 1. The second kappa shape index (κ2) is 8.93. The molecule has 114 valence electrons. The first-order chi connectivity index (χ1) is 8.95. The smallest absolute Gasteiger partial charge is 0.220 e. The standard InChI is InChI=1S/C15H25N3O.ClH/c1-12(2)10-15(3,11-16)18-14(19)8-7-13-6-4-5-9-17-13;/h4-6,9,12H,7-8,10-11,16H2,1-3H3,(H,18,19);1H. The molecule has 1 aromatic rings. The zero-order valence-corrected chi connectivity index (χ0v) is 13.4. The molecule has 4 nitrogen and oxygen atoms in total. The van der Waals surface area contributed by atoms with E-state index in [0.29, 0.717) is 25.3 Å². The Labute approximate surface area is 128 Å². The van der Waals surface area contributed by atoms with Gasteiger partial charge in [-0.15, -0.1) is 12.4 Å². The molecule has 0 aliphatic carbocycles. The van der Waals surface area contributed by atoms with Gasteiger partial charge < -0.3 is 11.1 Å². The van der Waals surface area contributed by atoms with Crippen LogP contribution in [-0.4, -0.2) is 23.0 Å². The quantitative estimate of drug-likeness (QED) is 0.812. The Kier molecular flexibility index (Phi) is 8.42. The Balaban J connectivity index is 0.00000361. The summed E-state index contributed by atoms with van der Waals surface area (Å²) in [5.74, 6) is 0.545. The van der Waals surface area contributed by atoms with Gasteiger partial charge in [-0.05, 0) is 37.8 Å². The number of carbonyl (C=O) groups excluding carboxylic acids is 1. The SMILES string of the molecule is CC(C)CC(C)(CN)NC(=O)CCc1ccccn1.Cl. The third-order valence-electron chi connectivity index (χ3n) is 3.08. The molecule has 0 saturated heterocycles. The highest BCUT2D eigenvalue weighted by Gasteiger charge is 2.25. The third-order valence-corrected chi connectivity index (χ3v) is 3.08. The van der Waals surface area contributed by atoms with Crippen molar-refractivity contribution < 1.29 is 4.79 Å². The van der Waals surface area contributed by atoms with E-state index in [2.05, 4.69) is 24.1 Å². The van der Waals surface area contributed by atoms with Crippen LogP contribution in [0.2, 0.25) is 0 Å². The summed E-state index contributed by atoms with van der Waals surface area (Å²) < 4.78 is 0. The van der Waals surface area contributed by atoms with Gasteiger partial charge in [0, 0.05) is 30.4 Å². The summed E-state index contributed by atoms with van der Waals surface area (Å²) in [6.45, 7) is 6.73.